The molecule has 1 aliphatic rings. The molecule has 0 atom stereocenters. The fourth-order valence-corrected chi connectivity index (χ4v) is 2.87. The molecule has 0 spiro atoms. The van der Waals surface area contributed by atoms with Crippen molar-refractivity contribution in [3.05, 3.63) is 77.4 Å². The van der Waals surface area contributed by atoms with Gasteiger partial charge in [0.2, 0.25) is 6.54 Å². The van der Waals surface area contributed by atoms with Crippen LogP contribution in [0.1, 0.15) is 5.56 Å². The zero-order valence-electron chi connectivity index (χ0n) is 14.6. The Kier molecular flexibility index (Phi) is 5.12. The summed E-state index contributed by atoms with van der Waals surface area (Å²) in [4.78, 5) is 24.7. The first kappa shape index (κ1) is 17.4. The van der Waals surface area contributed by atoms with Crippen molar-refractivity contribution in [3.8, 4) is 0 Å². The number of benzene rings is 2. The number of para-hydroxylation sites is 1. The summed E-state index contributed by atoms with van der Waals surface area (Å²) in [6.45, 7) is 0.177. The van der Waals surface area contributed by atoms with Crippen molar-refractivity contribution in [2.45, 2.75) is 0 Å². The van der Waals surface area contributed by atoms with E-state index >= 15 is 0 Å². The van der Waals surface area contributed by atoms with Crippen molar-refractivity contribution in [2.75, 3.05) is 26.2 Å². The third kappa shape index (κ3) is 3.35. The minimum Gasteiger partial charge on any atom is -0.465 e. The minimum atomic E-state index is -0.582. The number of hydrazone groups is 1. The van der Waals surface area contributed by atoms with Gasteiger partial charge in [0.25, 0.3) is 5.71 Å². The number of hydrazine groups is 1. The van der Waals surface area contributed by atoms with Gasteiger partial charge in [-0.05, 0) is 24.3 Å². The molecular formula is C20H19N2O4+. The number of hydrogen-bond donors (Lipinski definition) is 1. The Bertz CT molecular complexity index is 887. The molecule has 2 aromatic rings. The van der Waals surface area contributed by atoms with Gasteiger partial charge < -0.3 is 9.47 Å². The lowest BCUT2D eigenvalue weighted by Crippen LogP contribution is -2.26. The Morgan fingerprint density at radius 1 is 0.885 bits per heavy atom. The van der Waals surface area contributed by atoms with E-state index < -0.39 is 11.9 Å². The summed E-state index contributed by atoms with van der Waals surface area (Å²) in [6, 6.07) is 18.9. The highest BCUT2D eigenvalue weighted by atomic mass is 16.5. The van der Waals surface area contributed by atoms with E-state index in [2.05, 4.69) is 5.43 Å². The molecule has 3 rings (SSSR count). The summed E-state index contributed by atoms with van der Waals surface area (Å²) >= 11 is 0. The van der Waals surface area contributed by atoms with Crippen LogP contribution in [0.3, 0.4) is 0 Å². The number of nitrogens with zero attached hydrogens (tertiary/aromatic N) is 1. The lowest BCUT2D eigenvalue weighted by atomic mass is 10.00. The SMILES string of the molecule is COC(=O)C1=C(C(=O)OC)C(c2ccccc2)=[N+](Nc2ccccc2)C1. The number of nitrogens with one attached hydrogen (secondary N) is 1. The second-order valence-electron chi connectivity index (χ2n) is 5.62. The largest absolute Gasteiger partial charge is 0.465 e. The van der Waals surface area contributed by atoms with Crippen LogP contribution < -0.4 is 5.43 Å². The second-order valence-corrected chi connectivity index (χ2v) is 5.62. The van der Waals surface area contributed by atoms with E-state index in [-0.39, 0.29) is 17.7 Å². The first-order chi connectivity index (χ1) is 12.7. The molecular weight excluding hydrogens is 332 g/mol. The van der Waals surface area contributed by atoms with Crippen LogP contribution in [0.4, 0.5) is 5.69 Å². The molecule has 1 N–H and O–H groups in total. The Morgan fingerprint density at radius 2 is 1.46 bits per heavy atom. The van der Waals surface area contributed by atoms with Gasteiger partial charge in [-0.3, -0.25) is 0 Å². The van der Waals surface area contributed by atoms with Gasteiger partial charge in [-0.2, -0.15) is 5.43 Å². The molecule has 0 saturated heterocycles. The summed E-state index contributed by atoms with van der Waals surface area (Å²) in [5.74, 6) is -1.14. The highest BCUT2D eigenvalue weighted by molar-refractivity contribution is 6.28. The van der Waals surface area contributed by atoms with Gasteiger partial charge >= 0.3 is 11.9 Å². The van der Waals surface area contributed by atoms with Crippen molar-refractivity contribution in [1.82, 2.24) is 0 Å². The highest BCUT2D eigenvalue weighted by Gasteiger charge is 2.42. The number of carbonyl (C=O) groups excluding carboxylic acids is 2. The van der Waals surface area contributed by atoms with Crippen LogP contribution >= 0.6 is 0 Å². The predicted octanol–water partition coefficient (Wildman–Crippen LogP) is 2.17. The van der Waals surface area contributed by atoms with E-state index in [1.54, 1.807) is 4.68 Å². The summed E-state index contributed by atoms with van der Waals surface area (Å²) in [7, 11) is 2.58. The van der Waals surface area contributed by atoms with Gasteiger partial charge in [0.15, 0.2) is 5.57 Å². The smallest absolute Gasteiger partial charge is 0.345 e. The average molecular weight is 351 g/mol. The van der Waals surface area contributed by atoms with Crippen molar-refractivity contribution in [2.24, 2.45) is 0 Å². The first-order valence-corrected chi connectivity index (χ1v) is 8.07. The van der Waals surface area contributed by atoms with Gasteiger partial charge in [0.1, 0.15) is 5.57 Å². The standard InChI is InChI=1S/C20H18N2O4/c1-25-19(23)16-13-22(21-15-11-7-4-8-12-15)18(17(16)20(24)26-2)14-9-5-3-6-10-14/h3-12H,13H2,1-2H3/p+1. The van der Waals surface area contributed by atoms with Crippen LogP contribution in [0.2, 0.25) is 0 Å². The lowest BCUT2D eigenvalue weighted by Gasteiger charge is -2.06. The lowest BCUT2D eigenvalue weighted by molar-refractivity contribution is -0.482. The number of rotatable bonds is 5. The molecule has 1 aliphatic heterocycles. The van der Waals surface area contributed by atoms with Crippen LogP contribution in [0, 0.1) is 0 Å². The van der Waals surface area contributed by atoms with E-state index in [1.165, 1.54) is 14.2 Å². The number of methoxy groups -OCH3 is 2. The Morgan fingerprint density at radius 3 is 2.04 bits per heavy atom. The molecule has 1 heterocycles. The molecule has 0 saturated carbocycles. The Labute approximate surface area is 151 Å². The average Bonchev–Trinajstić information content (AvgIpc) is 3.07. The number of hydrogen-bond acceptors (Lipinski definition) is 5. The molecule has 0 amide bonds. The highest BCUT2D eigenvalue weighted by Crippen LogP contribution is 2.23. The van der Waals surface area contributed by atoms with E-state index in [9.17, 15) is 9.59 Å². The zero-order valence-corrected chi connectivity index (χ0v) is 14.6. The number of esters is 2. The Balaban J connectivity index is 2.15. The monoisotopic (exact) mass is 351 g/mol. The fraction of sp³-hybridized carbons (Fsp3) is 0.150. The van der Waals surface area contributed by atoms with Crippen LogP contribution in [-0.4, -0.2) is 43.1 Å². The molecule has 132 valence electrons. The quantitative estimate of drug-likeness (QED) is 0.661. The number of anilines is 1. The summed E-state index contributed by atoms with van der Waals surface area (Å²) in [6.07, 6.45) is 0. The van der Waals surface area contributed by atoms with E-state index in [4.69, 9.17) is 9.47 Å². The number of carbonyl (C=O) groups is 2. The van der Waals surface area contributed by atoms with Gasteiger partial charge in [-0.25, -0.2) is 9.59 Å². The fourth-order valence-electron chi connectivity index (χ4n) is 2.87. The third-order valence-corrected chi connectivity index (χ3v) is 4.03. The van der Waals surface area contributed by atoms with Crippen molar-refractivity contribution >= 4 is 23.3 Å². The molecule has 0 radical (unpaired) electrons. The summed E-state index contributed by atoms with van der Waals surface area (Å²) in [5.41, 5.74) is 5.89. The van der Waals surface area contributed by atoms with Crippen LogP contribution in [-0.2, 0) is 19.1 Å². The third-order valence-electron chi connectivity index (χ3n) is 4.03. The predicted molar refractivity (Wildman–Crippen MR) is 96.8 cm³/mol. The van der Waals surface area contributed by atoms with Gasteiger partial charge in [-0.1, -0.05) is 36.4 Å². The maximum Gasteiger partial charge on any atom is 0.345 e. The number of ether oxygens (including phenoxy) is 2. The molecule has 0 unspecified atom stereocenters. The second kappa shape index (κ2) is 7.65. The van der Waals surface area contributed by atoms with Gasteiger partial charge in [0, 0.05) is 5.56 Å². The molecule has 0 aliphatic carbocycles. The molecule has 2 aromatic carbocycles. The zero-order chi connectivity index (χ0) is 18.5. The summed E-state index contributed by atoms with van der Waals surface area (Å²) < 4.78 is 11.6. The van der Waals surface area contributed by atoms with Crippen LogP contribution in [0.5, 0.6) is 0 Å². The maximum atomic E-state index is 12.5. The van der Waals surface area contributed by atoms with Crippen molar-refractivity contribution < 1.29 is 23.7 Å². The van der Waals surface area contributed by atoms with E-state index in [1.807, 2.05) is 60.7 Å². The Hall–Kier alpha value is -3.41. The molecule has 26 heavy (non-hydrogen) atoms. The molecule has 0 bridgehead atoms. The maximum absolute atomic E-state index is 12.5. The van der Waals surface area contributed by atoms with Crippen molar-refractivity contribution in [3.63, 3.8) is 0 Å². The van der Waals surface area contributed by atoms with Crippen molar-refractivity contribution in [1.29, 1.82) is 0 Å². The molecule has 6 nitrogen and oxygen atoms in total. The molecule has 6 heteroatoms. The van der Waals surface area contributed by atoms with Crippen LogP contribution in [0.25, 0.3) is 0 Å². The molecule has 0 aromatic heterocycles. The first-order valence-electron chi connectivity index (χ1n) is 8.07. The van der Waals surface area contributed by atoms with E-state index in [0.29, 0.717) is 5.71 Å². The topological polar surface area (TPSA) is 67.6 Å². The minimum absolute atomic E-state index is 0.177. The normalized spacial score (nSPS) is 13.6. The summed E-state index contributed by atoms with van der Waals surface area (Å²) in [5, 5.41) is 0. The van der Waals surface area contributed by atoms with Gasteiger partial charge in [-0.15, -0.1) is 4.68 Å². The molecule has 0 fully saturated rings. The van der Waals surface area contributed by atoms with Crippen LogP contribution in [0.15, 0.2) is 71.8 Å². The van der Waals surface area contributed by atoms with Gasteiger partial charge in [0.05, 0.1) is 19.9 Å². The van der Waals surface area contributed by atoms with E-state index in [0.717, 1.165) is 11.3 Å².